The number of hydrogen-bond donors (Lipinski definition) is 0. The maximum atomic E-state index is 10.7. The predicted octanol–water partition coefficient (Wildman–Crippen LogP) is 4.14. The first-order valence-electron chi connectivity index (χ1n) is 6.68. The molecule has 0 saturated heterocycles. The Morgan fingerprint density at radius 2 is 1.71 bits per heavy atom. The van der Waals surface area contributed by atoms with Gasteiger partial charge in [-0.1, -0.05) is 24.3 Å². The lowest BCUT2D eigenvalue weighted by Crippen LogP contribution is -2.07. The monoisotopic (exact) mass is 282 g/mol. The van der Waals surface area contributed by atoms with Crippen molar-refractivity contribution in [1.29, 1.82) is 0 Å². The van der Waals surface area contributed by atoms with Crippen molar-refractivity contribution < 1.29 is 4.92 Å². The summed E-state index contributed by atoms with van der Waals surface area (Å²) in [7, 11) is 4.01. The molecule has 0 bridgehead atoms. The molecule has 0 unspecified atom stereocenters. The molecule has 2 aromatic carbocycles. The van der Waals surface area contributed by atoms with Crippen LogP contribution in [0.4, 0.5) is 11.4 Å². The minimum atomic E-state index is -0.375. The van der Waals surface area contributed by atoms with Gasteiger partial charge in [0.25, 0.3) is 5.69 Å². The van der Waals surface area contributed by atoms with Crippen molar-refractivity contribution in [3.63, 3.8) is 0 Å². The Balaban J connectivity index is 2.19. The van der Waals surface area contributed by atoms with Gasteiger partial charge in [0.15, 0.2) is 0 Å². The zero-order chi connectivity index (χ0) is 15.4. The molecule has 0 N–H and O–H groups in total. The lowest BCUT2D eigenvalue weighted by atomic mass is 10.1. The smallest absolute Gasteiger partial charge is 0.269 e. The molecule has 0 heterocycles. The quantitative estimate of drug-likeness (QED) is 0.481. The van der Waals surface area contributed by atoms with Crippen LogP contribution in [0.5, 0.6) is 0 Å². The average molecular weight is 282 g/mol. The molecule has 2 rings (SSSR count). The molecule has 0 atom stereocenters. The SMILES string of the molecule is Cc1cc([N+](=O)[O-])ccc1C=Cc1ccc(N(C)C)cc1. The number of hydrogen-bond acceptors (Lipinski definition) is 3. The molecule has 2 aromatic rings. The summed E-state index contributed by atoms with van der Waals surface area (Å²) in [5.41, 5.74) is 4.25. The van der Waals surface area contributed by atoms with Gasteiger partial charge in [0.2, 0.25) is 0 Å². The van der Waals surface area contributed by atoms with Crippen molar-refractivity contribution in [2.24, 2.45) is 0 Å². The first kappa shape index (κ1) is 14.8. The minimum Gasteiger partial charge on any atom is -0.378 e. The summed E-state index contributed by atoms with van der Waals surface area (Å²) in [4.78, 5) is 12.4. The van der Waals surface area contributed by atoms with E-state index in [1.54, 1.807) is 12.1 Å². The number of nitro benzene ring substituents is 1. The van der Waals surface area contributed by atoms with Crippen molar-refractivity contribution in [3.8, 4) is 0 Å². The van der Waals surface area contributed by atoms with Crippen LogP contribution < -0.4 is 4.90 Å². The Morgan fingerprint density at radius 1 is 1.05 bits per heavy atom. The lowest BCUT2D eigenvalue weighted by molar-refractivity contribution is -0.384. The van der Waals surface area contributed by atoms with E-state index >= 15 is 0 Å². The van der Waals surface area contributed by atoms with Gasteiger partial charge in [-0.3, -0.25) is 10.1 Å². The van der Waals surface area contributed by atoms with Gasteiger partial charge in [-0.2, -0.15) is 0 Å². The van der Waals surface area contributed by atoms with Gasteiger partial charge < -0.3 is 4.90 Å². The van der Waals surface area contributed by atoms with Gasteiger partial charge in [0.05, 0.1) is 4.92 Å². The number of rotatable bonds is 4. The fourth-order valence-corrected chi connectivity index (χ4v) is 2.03. The molecule has 0 saturated carbocycles. The van der Waals surface area contributed by atoms with Gasteiger partial charge >= 0.3 is 0 Å². The second-order valence-electron chi connectivity index (χ2n) is 5.12. The number of anilines is 1. The highest BCUT2D eigenvalue weighted by molar-refractivity contribution is 5.72. The van der Waals surface area contributed by atoms with Crippen LogP contribution in [0, 0.1) is 17.0 Å². The van der Waals surface area contributed by atoms with Crippen molar-refractivity contribution in [2.45, 2.75) is 6.92 Å². The molecule has 0 amide bonds. The largest absolute Gasteiger partial charge is 0.378 e. The molecule has 0 aliphatic rings. The molecular weight excluding hydrogens is 264 g/mol. The fourth-order valence-electron chi connectivity index (χ4n) is 2.03. The first-order valence-corrected chi connectivity index (χ1v) is 6.68. The van der Waals surface area contributed by atoms with Crippen LogP contribution in [0.15, 0.2) is 42.5 Å². The Kier molecular flexibility index (Phi) is 4.38. The molecule has 0 aliphatic carbocycles. The van der Waals surface area contributed by atoms with E-state index in [1.807, 2.05) is 50.2 Å². The molecule has 21 heavy (non-hydrogen) atoms. The third-order valence-electron chi connectivity index (χ3n) is 3.33. The highest BCUT2D eigenvalue weighted by Gasteiger charge is 2.06. The lowest BCUT2D eigenvalue weighted by Gasteiger charge is -2.11. The number of nitrogens with zero attached hydrogens (tertiary/aromatic N) is 2. The molecule has 0 fully saturated rings. The van der Waals surface area contributed by atoms with Crippen LogP contribution in [-0.4, -0.2) is 19.0 Å². The Hall–Kier alpha value is -2.62. The molecule has 0 spiro atoms. The molecule has 4 nitrogen and oxygen atoms in total. The zero-order valence-corrected chi connectivity index (χ0v) is 12.4. The van der Waals surface area contributed by atoms with E-state index in [0.717, 1.165) is 22.4 Å². The standard InChI is InChI=1S/C17H18N2O2/c1-13-12-17(19(20)21)11-8-15(13)7-4-14-5-9-16(10-6-14)18(2)3/h4-12H,1-3H3. The van der Waals surface area contributed by atoms with Gasteiger partial charge in [0.1, 0.15) is 0 Å². The minimum absolute atomic E-state index is 0.125. The van der Waals surface area contributed by atoms with E-state index in [2.05, 4.69) is 12.1 Å². The fraction of sp³-hybridized carbons (Fsp3) is 0.176. The van der Waals surface area contributed by atoms with E-state index < -0.39 is 0 Å². The van der Waals surface area contributed by atoms with Crippen molar-refractivity contribution in [1.82, 2.24) is 0 Å². The summed E-state index contributed by atoms with van der Waals surface area (Å²) < 4.78 is 0. The Morgan fingerprint density at radius 3 is 2.24 bits per heavy atom. The van der Waals surface area contributed by atoms with E-state index in [9.17, 15) is 10.1 Å². The van der Waals surface area contributed by atoms with Crippen LogP contribution in [-0.2, 0) is 0 Å². The molecular formula is C17H18N2O2. The third kappa shape index (κ3) is 3.69. The second kappa shape index (κ2) is 6.22. The van der Waals surface area contributed by atoms with Gasteiger partial charge in [-0.15, -0.1) is 0 Å². The van der Waals surface area contributed by atoms with E-state index in [-0.39, 0.29) is 10.6 Å². The summed E-state index contributed by atoms with van der Waals surface area (Å²) in [6.07, 6.45) is 3.98. The molecule has 0 aromatic heterocycles. The van der Waals surface area contributed by atoms with E-state index in [1.165, 1.54) is 6.07 Å². The van der Waals surface area contributed by atoms with Crippen LogP contribution in [0.25, 0.3) is 12.2 Å². The second-order valence-corrected chi connectivity index (χ2v) is 5.12. The highest BCUT2D eigenvalue weighted by atomic mass is 16.6. The van der Waals surface area contributed by atoms with Gasteiger partial charge in [-0.25, -0.2) is 0 Å². The topological polar surface area (TPSA) is 46.4 Å². The normalized spacial score (nSPS) is 10.8. The Bertz CT molecular complexity index is 674. The van der Waals surface area contributed by atoms with E-state index in [0.29, 0.717) is 0 Å². The van der Waals surface area contributed by atoms with Crippen LogP contribution in [0.3, 0.4) is 0 Å². The van der Waals surface area contributed by atoms with Crippen LogP contribution in [0.1, 0.15) is 16.7 Å². The van der Waals surface area contributed by atoms with Gasteiger partial charge in [-0.05, 0) is 41.8 Å². The number of benzene rings is 2. The maximum Gasteiger partial charge on any atom is 0.269 e. The summed E-state index contributed by atoms with van der Waals surface area (Å²) in [6, 6.07) is 13.1. The summed E-state index contributed by atoms with van der Waals surface area (Å²) in [5, 5.41) is 10.7. The molecule has 0 radical (unpaired) electrons. The maximum absolute atomic E-state index is 10.7. The molecule has 4 heteroatoms. The zero-order valence-electron chi connectivity index (χ0n) is 12.4. The molecule has 108 valence electrons. The van der Waals surface area contributed by atoms with Crippen LogP contribution >= 0.6 is 0 Å². The summed E-state index contributed by atoms with van der Waals surface area (Å²) >= 11 is 0. The summed E-state index contributed by atoms with van der Waals surface area (Å²) in [5.74, 6) is 0. The van der Waals surface area contributed by atoms with E-state index in [4.69, 9.17) is 0 Å². The Labute approximate surface area is 124 Å². The first-order chi connectivity index (χ1) is 9.97. The number of nitro groups is 1. The van der Waals surface area contributed by atoms with Crippen LogP contribution in [0.2, 0.25) is 0 Å². The highest BCUT2D eigenvalue weighted by Crippen LogP contribution is 2.20. The van der Waals surface area contributed by atoms with Crippen molar-refractivity contribution >= 4 is 23.5 Å². The van der Waals surface area contributed by atoms with Crippen molar-refractivity contribution in [2.75, 3.05) is 19.0 Å². The van der Waals surface area contributed by atoms with Gasteiger partial charge in [0, 0.05) is 31.9 Å². The predicted molar refractivity (Wildman–Crippen MR) is 87.5 cm³/mol. The molecule has 0 aliphatic heterocycles. The number of non-ortho nitro benzene ring substituents is 1. The number of aryl methyl sites for hydroxylation is 1. The van der Waals surface area contributed by atoms with Crippen molar-refractivity contribution in [3.05, 3.63) is 69.3 Å². The summed E-state index contributed by atoms with van der Waals surface area (Å²) in [6.45, 7) is 1.88. The average Bonchev–Trinajstić information content (AvgIpc) is 2.46. The third-order valence-corrected chi connectivity index (χ3v) is 3.33.